The molecule has 0 fully saturated rings. The van der Waals surface area contributed by atoms with Gasteiger partial charge in [-0.2, -0.15) is 12.6 Å². The number of imidazole rings is 1. The van der Waals surface area contributed by atoms with Crippen molar-refractivity contribution in [1.82, 2.24) is 9.55 Å². The molecule has 13 heavy (non-hydrogen) atoms. The van der Waals surface area contributed by atoms with Gasteiger partial charge in [0.05, 0.1) is 17.4 Å². The Balaban J connectivity index is 2.57. The summed E-state index contributed by atoms with van der Waals surface area (Å²) in [5.41, 5.74) is 1.83. The average Bonchev–Trinajstić information content (AvgIpc) is 2.60. The van der Waals surface area contributed by atoms with Crippen LogP contribution in [0.4, 0.5) is 0 Å². The number of rotatable bonds is 2. The Kier molecular flexibility index (Phi) is 2.24. The molecule has 0 saturated heterocycles. The van der Waals surface area contributed by atoms with Crippen LogP contribution < -0.4 is 0 Å². The third kappa shape index (κ3) is 1.43. The lowest BCUT2D eigenvalue weighted by atomic mass is 10.3. The monoisotopic (exact) mass is 194 g/mol. The molecule has 0 spiro atoms. The highest BCUT2D eigenvalue weighted by molar-refractivity contribution is 7.80. The average molecular weight is 194 g/mol. The van der Waals surface area contributed by atoms with E-state index in [4.69, 9.17) is 0 Å². The summed E-state index contributed by atoms with van der Waals surface area (Å²) in [5, 5.41) is 9.56. The number of hydrogen-bond donors (Lipinski definition) is 2. The Morgan fingerprint density at radius 1 is 1.46 bits per heavy atom. The topological polar surface area (TPSA) is 38.0 Å². The molecule has 0 aliphatic rings. The number of para-hydroxylation sites is 2. The highest BCUT2D eigenvalue weighted by Gasteiger charge is 2.07. The van der Waals surface area contributed by atoms with E-state index in [9.17, 15) is 5.11 Å². The van der Waals surface area contributed by atoms with E-state index in [1.807, 2.05) is 24.3 Å². The smallest absolute Gasteiger partial charge is 0.140 e. The molecule has 1 unspecified atom stereocenters. The molecule has 1 aromatic carbocycles. The fourth-order valence-electron chi connectivity index (χ4n) is 1.30. The van der Waals surface area contributed by atoms with Crippen molar-refractivity contribution in [2.45, 2.75) is 6.23 Å². The lowest BCUT2D eigenvalue weighted by Gasteiger charge is -2.09. The molecule has 0 radical (unpaired) electrons. The molecular formula is C9H10N2OS. The first-order valence-corrected chi connectivity index (χ1v) is 4.66. The number of thiol groups is 1. The van der Waals surface area contributed by atoms with Gasteiger partial charge < -0.3 is 9.67 Å². The first-order chi connectivity index (χ1) is 6.33. The van der Waals surface area contributed by atoms with Crippen LogP contribution in [0, 0.1) is 0 Å². The van der Waals surface area contributed by atoms with Gasteiger partial charge in [-0.05, 0) is 12.1 Å². The van der Waals surface area contributed by atoms with Crippen molar-refractivity contribution >= 4 is 23.7 Å². The highest BCUT2D eigenvalue weighted by atomic mass is 32.1. The van der Waals surface area contributed by atoms with E-state index in [0.29, 0.717) is 5.75 Å². The largest absolute Gasteiger partial charge is 0.372 e. The summed E-state index contributed by atoms with van der Waals surface area (Å²) in [6.45, 7) is 0. The molecule has 4 heteroatoms. The van der Waals surface area contributed by atoms with Crippen LogP contribution in [0.2, 0.25) is 0 Å². The van der Waals surface area contributed by atoms with E-state index >= 15 is 0 Å². The number of fused-ring (bicyclic) bond motifs is 1. The van der Waals surface area contributed by atoms with E-state index in [-0.39, 0.29) is 0 Å². The van der Waals surface area contributed by atoms with Crippen LogP contribution in [0.3, 0.4) is 0 Å². The Bertz CT molecular complexity index is 413. The molecule has 0 aliphatic heterocycles. The van der Waals surface area contributed by atoms with Gasteiger partial charge in [-0.25, -0.2) is 4.98 Å². The number of aromatic nitrogens is 2. The van der Waals surface area contributed by atoms with E-state index in [1.54, 1.807) is 10.9 Å². The van der Waals surface area contributed by atoms with Gasteiger partial charge in [0.1, 0.15) is 6.23 Å². The van der Waals surface area contributed by atoms with Crippen LogP contribution in [0.25, 0.3) is 11.0 Å². The first-order valence-electron chi connectivity index (χ1n) is 4.03. The molecule has 2 rings (SSSR count). The fourth-order valence-corrected chi connectivity index (χ4v) is 1.48. The molecule has 68 valence electrons. The molecule has 1 N–H and O–H groups in total. The minimum atomic E-state index is -0.601. The lowest BCUT2D eigenvalue weighted by Crippen LogP contribution is -2.07. The number of aliphatic hydroxyl groups excluding tert-OH is 1. The minimum Gasteiger partial charge on any atom is -0.372 e. The SMILES string of the molecule is OC(CS)n1cnc2ccccc21. The first kappa shape index (κ1) is 8.59. The zero-order chi connectivity index (χ0) is 9.26. The van der Waals surface area contributed by atoms with Crippen molar-refractivity contribution in [3.63, 3.8) is 0 Å². The Hall–Kier alpha value is -1.00. The van der Waals surface area contributed by atoms with Crippen LogP contribution in [-0.4, -0.2) is 20.4 Å². The van der Waals surface area contributed by atoms with Gasteiger partial charge in [0.2, 0.25) is 0 Å². The summed E-state index contributed by atoms with van der Waals surface area (Å²) in [6, 6.07) is 7.69. The summed E-state index contributed by atoms with van der Waals surface area (Å²) < 4.78 is 1.71. The van der Waals surface area contributed by atoms with Crippen LogP contribution in [-0.2, 0) is 0 Å². The molecule has 0 bridgehead atoms. The van der Waals surface area contributed by atoms with E-state index in [1.165, 1.54) is 0 Å². The number of aliphatic hydroxyl groups is 1. The third-order valence-electron chi connectivity index (χ3n) is 1.97. The normalized spacial score (nSPS) is 13.4. The Morgan fingerprint density at radius 3 is 3.00 bits per heavy atom. The van der Waals surface area contributed by atoms with Gasteiger partial charge in [0, 0.05) is 5.75 Å². The summed E-state index contributed by atoms with van der Waals surface area (Å²) in [5.74, 6) is 0.389. The molecular weight excluding hydrogens is 184 g/mol. The van der Waals surface area contributed by atoms with Crippen molar-refractivity contribution < 1.29 is 5.11 Å². The predicted molar refractivity (Wildman–Crippen MR) is 54.8 cm³/mol. The van der Waals surface area contributed by atoms with Crippen molar-refractivity contribution in [2.24, 2.45) is 0 Å². The maximum absolute atomic E-state index is 9.56. The molecule has 2 aromatic rings. The van der Waals surface area contributed by atoms with Gasteiger partial charge in [-0.1, -0.05) is 12.1 Å². The summed E-state index contributed by atoms with van der Waals surface area (Å²) >= 11 is 4.03. The maximum Gasteiger partial charge on any atom is 0.140 e. The zero-order valence-electron chi connectivity index (χ0n) is 6.96. The Labute approximate surface area is 81.4 Å². The fraction of sp³-hybridized carbons (Fsp3) is 0.222. The van der Waals surface area contributed by atoms with Gasteiger partial charge in [-0.3, -0.25) is 0 Å². The Morgan fingerprint density at radius 2 is 2.23 bits per heavy atom. The molecule has 0 amide bonds. The van der Waals surface area contributed by atoms with Crippen LogP contribution in [0.5, 0.6) is 0 Å². The quantitative estimate of drug-likeness (QED) is 0.710. The molecule has 3 nitrogen and oxygen atoms in total. The minimum absolute atomic E-state index is 0.389. The molecule has 0 saturated carbocycles. The molecule has 1 atom stereocenters. The number of benzene rings is 1. The summed E-state index contributed by atoms with van der Waals surface area (Å²) in [7, 11) is 0. The number of nitrogens with zero attached hydrogens (tertiary/aromatic N) is 2. The molecule has 1 aromatic heterocycles. The van der Waals surface area contributed by atoms with Crippen LogP contribution in [0.1, 0.15) is 6.23 Å². The highest BCUT2D eigenvalue weighted by Crippen LogP contribution is 2.16. The van der Waals surface area contributed by atoms with E-state index in [0.717, 1.165) is 11.0 Å². The second-order valence-corrected chi connectivity index (χ2v) is 3.17. The standard InChI is InChI=1S/C9H10N2OS/c12-9(5-13)11-6-10-7-3-1-2-4-8(7)11/h1-4,6,9,12-13H,5H2. The maximum atomic E-state index is 9.56. The van der Waals surface area contributed by atoms with E-state index < -0.39 is 6.23 Å². The van der Waals surface area contributed by atoms with Crippen molar-refractivity contribution in [3.05, 3.63) is 30.6 Å². The summed E-state index contributed by atoms with van der Waals surface area (Å²) in [6.07, 6.45) is 1.03. The van der Waals surface area contributed by atoms with Crippen molar-refractivity contribution in [3.8, 4) is 0 Å². The van der Waals surface area contributed by atoms with E-state index in [2.05, 4.69) is 17.6 Å². The van der Waals surface area contributed by atoms with Crippen molar-refractivity contribution in [1.29, 1.82) is 0 Å². The zero-order valence-corrected chi connectivity index (χ0v) is 7.85. The molecule has 1 heterocycles. The molecule has 0 aliphatic carbocycles. The number of hydrogen-bond acceptors (Lipinski definition) is 3. The second-order valence-electron chi connectivity index (χ2n) is 2.80. The van der Waals surface area contributed by atoms with Crippen LogP contribution >= 0.6 is 12.6 Å². The van der Waals surface area contributed by atoms with Gasteiger partial charge in [-0.15, -0.1) is 0 Å². The van der Waals surface area contributed by atoms with Gasteiger partial charge >= 0.3 is 0 Å². The third-order valence-corrected chi connectivity index (χ3v) is 2.29. The lowest BCUT2D eigenvalue weighted by molar-refractivity contribution is 0.134. The van der Waals surface area contributed by atoms with Crippen LogP contribution in [0.15, 0.2) is 30.6 Å². The van der Waals surface area contributed by atoms with Crippen molar-refractivity contribution in [2.75, 3.05) is 5.75 Å². The second kappa shape index (κ2) is 3.40. The van der Waals surface area contributed by atoms with Gasteiger partial charge in [0.25, 0.3) is 0 Å². The predicted octanol–water partition coefficient (Wildman–Crippen LogP) is 1.46. The van der Waals surface area contributed by atoms with Gasteiger partial charge in [0.15, 0.2) is 0 Å². The summed E-state index contributed by atoms with van der Waals surface area (Å²) in [4.78, 5) is 4.16.